The average Bonchev–Trinajstić information content (AvgIpc) is 2.17. The SMILES string of the molecule is O=[N+]([O-])c1cc(F)c(C(F)F)nc1OC(F)(F)F. The largest absolute Gasteiger partial charge is 0.574 e. The monoisotopic (exact) mass is 276 g/mol. The summed E-state index contributed by atoms with van der Waals surface area (Å²) in [5.74, 6) is -3.55. The van der Waals surface area contributed by atoms with Crippen LogP contribution in [-0.2, 0) is 0 Å². The highest BCUT2D eigenvalue weighted by molar-refractivity contribution is 5.42. The molecule has 1 aromatic heterocycles. The minimum atomic E-state index is -5.38. The standard InChI is InChI=1S/C7H2F6N2O3/c8-2-1-3(15(16)17)6(18-7(11,12)13)14-4(2)5(9)10/h1,5H. The second kappa shape index (κ2) is 4.66. The summed E-state index contributed by atoms with van der Waals surface area (Å²) in [6.07, 6.45) is -8.92. The molecule has 0 radical (unpaired) electrons. The van der Waals surface area contributed by atoms with Crippen molar-refractivity contribution in [3.05, 3.63) is 27.7 Å². The van der Waals surface area contributed by atoms with Crippen LogP contribution in [0.3, 0.4) is 0 Å². The van der Waals surface area contributed by atoms with Gasteiger partial charge >= 0.3 is 17.9 Å². The molecule has 1 rings (SSSR count). The molecule has 11 heteroatoms. The first kappa shape index (κ1) is 14.0. The fraction of sp³-hybridized carbons (Fsp3) is 0.286. The molecule has 0 aromatic carbocycles. The molecular formula is C7H2F6N2O3. The van der Waals surface area contributed by atoms with Gasteiger partial charge < -0.3 is 4.74 Å². The number of pyridine rings is 1. The van der Waals surface area contributed by atoms with Gasteiger partial charge in [0.05, 0.1) is 11.0 Å². The van der Waals surface area contributed by atoms with Crippen molar-refractivity contribution in [1.29, 1.82) is 0 Å². The molecule has 0 atom stereocenters. The number of nitrogens with zero attached hydrogens (tertiary/aromatic N) is 2. The molecule has 100 valence electrons. The molecule has 0 aliphatic carbocycles. The summed E-state index contributed by atoms with van der Waals surface area (Å²) in [5, 5.41) is 10.3. The molecule has 0 saturated carbocycles. The van der Waals surface area contributed by atoms with E-state index in [2.05, 4.69) is 9.72 Å². The van der Waals surface area contributed by atoms with Crippen LogP contribution in [-0.4, -0.2) is 16.3 Å². The van der Waals surface area contributed by atoms with E-state index in [1.807, 2.05) is 0 Å². The second-order valence-corrected chi connectivity index (χ2v) is 2.79. The molecule has 5 nitrogen and oxygen atoms in total. The molecule has 0 amide bonds. The van der Waals surface area contributed by atoms with Crippen molar-refractivity contribution in [1.82, 2.24) is 4.98 Å². The smallest absolute Gasteiger partial charge is 0.381 e. The zero-order chi connectivity index (χ0) is 14.1. The molecule has 0 N–H and O–H groups in total. The maximum Gasteiger partial charge on any atom is 0.574 e. The van der Waals surface area contributed by atoms with Gasteiger partial charge in [0.15, 0.2) is 5.82 Å². The first-order valence-electron chi connectivity index (χ1n) is 4.00. The van der Waals surface area contributed by atoms with Crippen LogP contribution in [0, 0.1) is 15.9 Å². The Morgan fingerprint density at radius 2 is 1.94 bits per heavy atom. The van der Waals surface area contributed by atoms with Crippen molar-refractivity contribution in [2.75, 3.05) is 0 Å². The predicted molar refractivity (Wildman–Crippen MR) is 42.5 cm³/mol. The predicted octanol–water partition coefficient (Wildman–Crippen LogP) is 2.97. The van der Waals surface area contributed by atoms with Crippen LogP contribution in [0.2, 0.25) is 0 Å². The lowest BCUT2D eigenvalue weighted by atomic mass is 10.3. The number of aromatic nitrogens is 1. The van der Waals surface area contributed by atoms with Gasteiger partial charge in [-0.3, -0.25) is 10.1 Å². The van der Waals surface area contributed by atoms with E-state index in [4.69, 9.17) is 0 Å². The van der Waals surface area contributed by atoms with Crippen LogP contribution in [0.4, 0.5) is 32.0 Å². The summed E-state index contributed by atoms with van der Waals surface area (Å²) in [5.41, 5.74) is -3.17. The fourth-order valence-corrected chi connectivity index (χ4v) is 0.944. The molecule has 0 fully saturated rings. The summed E-state index contributed by atoms with van der Waals surface area (Å²) >= 11 is 0. The number of hydrogen-bond acceptors (Lipinski definition) is 4. The molecule has 0 aliphatic rings. The maximum absolute atomic E-state index is 12.9. The van der Waals surface area contributed by atoms with E-state index in [1.54, 1.807) is 0 Å². The number of hydrogen-bond donors (Lipinski definition) is 0. The van der Waals surface area contributed by atoms with Crippen LogP contribution in [0.1, 0.15) is 12.1 Å². The van der Waals surface area contributed by atoms with E-state index in [0.717, 1.165) is 0 Å². The van der Waals surface area contributed by atoms with Gasteiger partial charge in [-0.25, -0.2) is 18.2 Å². The van der Waals surface area contributed by atoms with Gasteiger partial charge in [0, 0.05) is 0 Å². The number of nitro groups is 1. The normalized spacial score (nSPS) is 11.7. The zero-order valence-corrected chi connectivity index (χ0v) is 8.04. The van der Waals surface area contributed by atoms with E-state index >= 15 is 0 Å². The Labute approximate surface area is 94.1 Å². The van der Waals surface area contributed by atoms with Gasteiger partial charge in [-0.2, -0.15) is 0 Å². The zero-order valence-electron chi connectivity index (χ0n) is 8.04. The highest BCUT2D eigenvalue weighted by Crippen LogP contribution is 2.33. The van der Waals surface area contributed by atoms with Gasteiger partial charge in [0.1, 0.15) is 5.69 Å². The van der Waals surface area contributed by atoms with Crippen LogP contribution >= 0.6 is 0 Å². The molecule has 0 aliphatic heterocycles. The average molecular weight is 276 g/mol. The van der Waals surface area contributed by atoms with E-state index in [1.165, 1.54) is 0 Å². The van der Waals surface area contributed by atoms with Gasteiger partial charge in [-0.05, 0) is 0 Å². The highest BCUT2D eigenvalue weighted by Gasteiger charge is 2.37. The lowest BCUT2D eigenvalue weighted by Crippen LogP contribution is -2.19. The lowest BCUT2D eigenvalue weighted by molar-refractivity contribution is -0.389. The second-order valence-electron chi connectivity index (χ2n) is 2.79. The minimum Gasteiger partial charge on any atom is -0.381 e. The lowest BCUT2D eigenvalue weighted by Gasteiger charge is -2.09. The summed E-state index contributed by atoms with van der Waals surface area (Å²) in [6, 6.07) is -0.116. The Bertz CT molecular complexity index is 475. The molecule has 0 saturated heterocycles. The van der Waals surface area contributed by atoms with Gasteiger partial charge in [-0.15, -0.1) is 13.2 Å². The molecule has 1 heterocycles. The summed E-state index contributed by atoms with van der Waals surface area (Å²) in [7, 11) is 0. The number of halogens is 6. The number of rotatable bonds is 3. The first-order valence-corrected chi connectivity index (χ1v) is 4.00. The summed E-state index contributed by atoms with van der Waals surface area (Å²) < 4.78 is 75.9. The third-order valence-electron chi connectivity index (χ3n) is 1.57. The highest BCUT2D eigenvalue weighted by atomic mass is 19.4. The Balaban J connectivity index is 3.35. The Hall–Kier alpha value is -2.07. The number of ether oxygens (including phenoxy) is 1. The van der Waals surface area contributed by atoms with Gasteiger partial charge in [-0.1, -0.05) is 0 Å². The molecule has 18 heavy (non-hydrogen) atoms. The fourth-order valence-electron chi connectivity index (χ4n) is 0.944. The molecular weight excluding hydrogens is 274 g/mol. The Kier molecular flexibility index (Phi) is 3.62. The Morgan fingerprint density at radius 1 is 1.39 bits per heavy atom. The van der Waals surface area contributed by atoms with Crippen molar-refractivity contribution >= 4 is 5.69 Å². The molecule has 0 bridgehead atoms. The van der Waals surface area contributed by atoms with E-state index in [9.17, 15) is 36.5 Å². The van der Waals surface area contributed by atoms with Crippen molar-refractivity contribution in [3.8, 4) is 5.88 Å². The van der Waals surface area contributed by atoms with Crippen LogP contribution in [0.15, 0.2) is 6.07 Å². The third kappa shape index (κ3) is 3.21. The van der Waals surface area contributed by atoms with E-state index in [0.29, 0.717) is 0 Å². The summed E-state index contributed by atoms with van der Waals surface area (Å²) in [6.45, 7) is 0. The quantitative estimate of drug-likeness (QED) is 0.483. The third-order valence-corrected chi connectivity index (χ3v) is 1.57. The van der Waals surface area contributed by atoms with Crippen molar-refractivity contribution in [2.45, 2.75) is 12.8 Å². The van der Waals surface area contributed by atoms with Crippen molar-refractivity contribution in [2.24, 2.45) is 0 Å². The van der Waals surface area contributed by atoms with Crippen LogP contribution < -0.4 is 4.74 Å². The molecule has 0 unspecified atom stereocenters. The maximum atomic E-state index is 12.9. The minimum absolute atomic E-state index is 0.116. The first-order chi connectivity index (χ1) is 8.11. The van der Waals surface area contributed by atoms with Crippen LogP contribution in [0.5, 0.6) is 5.88 Å². The van der Waals surface area contributed by atoms with Crippen molar-refractivity contribution in [3.63, 3.8) is 0 Å². The Morgan fingerprint density at radius 3 is 2.33 bits per heavy atom. The molecule has 0 spiro atoms. The molecule has 1 aromatic rings. The topological polar surface area (TPSA) is 65.3 Å². The van der Waals surface area contributed by atoms with E-state index in [-0.39, 0.29) is 6.07 Å². The van der Waals surface area contributed by atoms with Gasteiger partial charge in [0.2, 0.25) is 0 Å². The van der Waals surface area contributed by atoms with Crippen molar-refractivity contribution < 1.29 is 36.0 Å². The van der Waals surface area contributed by atoms with Crippen LogP contribution in [0.25, 0.3) is 0 Å². The van der Waals surface area contributed by atoms with Gasteiger partial charge in [0.25, 0.3) is 6.43 Å². The van der Waals surface area contributed by atoms with E-state index < -0.39 is 40.8 Å². The summed E-state index contributed by atoms with van der Waals surface area (Å²) in [4.78, 5) is 11.3. The number of alkyl halides is 5.